The molecule has 0 aliphatic carbocycles. The summed E-state index contributed by atoms with van der Waals surface area (Å²) in [4.78, 5) is 16.3. The number of phenols is 1. The largest absolute Gasteiger partial charge is 0.508 e. The van der Waals surface area contributed by atoms with Crippen LogP contribution >= 0.6 is 24.8 Å². The lowest BCUT2D eigenvalue weighted by atomic mass is 10.1. The molecule has 2 rings (SSSR count). The Bertz CT molecular complexity index is 748. The molecule has 0 aromatic heterocycles. The molecular weight excluding hydrogens is 387 g/mol. The average Bonchev–Trinajstić information content (AvgIpc) is 2.60. The highest BCUT2D eigenvalue weighted by Gasteiger charge is 2.13. The Balaban J connectivity index is 0.00000338. The number of nitrogens with two attached hydrogens (primary N) is 2. The minimum Gasteiger partial charge on any atom is -0.508 e. The number of benzene rings is 2. The Morgan fingerprint density at radius 1 is 1.11 bits per heavy atom. The van der Waals surface area contributed by atoms with Gasteiger partial charge in [-0.3, -0.25) is 9.79 Å². The topological polar surface area (TPSA) is 114 Å². The summed E-state index contributed by atoms with van der Waals surface area (Å²) in [6.07, 6.45) is 0.413. The van der Waals surface area contributed by atoms with Crippen molar-refractivity contribution in [3.8, 4) is 5.75 Å². The van der Waals surface area contributed by atoms with Gasteiger partial charge in [0.15, 0.2) is 0 Å². The number of hydrogen-bond acceptors (Lipinski definition) is 4. The molecule has 0 aliphatic heterocycles. The number of rotatable bonds is 7. The fourth-order valence-corrected chi connectivity index (χ4v) is 2.35. The molecule has 0 aliphatic rings. The first-order chi connectivity index (χ1) is 11.9. The molecule has 1 atom stereocenters. The number of aromatic hydroxyl groups is 1. The fourth-order valence-electron chi connectivity index (χ4n) is 2.35. The molecule has 0 saturated carbocycles. The number of nitrogens with zero attached hydrogens (tertiary/aromatic N) is 1. The first kappa shape index (κ1) is 24.7. The van der Waals surface area contributed by atoms with Crippen molar-refractivity contribution in [2.24, 2.45) is 16.5 Å². The van der Waals surface area contributed by atoms with E-state index in [1.807, 2.05) is 24.3 Å². The van der Waals surface area contributed by atoms with Gasteiger partial charge in [0.2, 0.25) is 5.91 Å². The number of hydrogen-bond donors (Lipinski definition) is 4. The number of aliphatic imine (C=N–C) groups is 1. The highest BCUT2D eigenvalue weighted by atomic mass is 35.5. The van der Waals surface area contributed by atoms with Gasteiger partial charge in [0, 0.05) is 6.54 Å². The van der Waals surface area contributed by atoms with Crippen molar-refractivity contribution in [3.63, 3.8) is 0 Å². The highest BCUT2D eigenvalue weighted by molar-refractivity contribution is 5.85. The maximum atomic E-state index is 12.2. The summed E-state index contributed by atoms with van der Waals surface area (Å²) < 4.78 is 0. The molecule has 6 N–H and O–H groups in total. The molecule has 148 valence electrons. The number of phenolic OH excluding ortho intramolecular Hbond substituents is 1. The molecule has 27 heavy (non-hydrogen) atoms. The van der Waals surface area contributed by atoms with Gasteiger partial charge in [0.25, 0.3) is 0 Å². The highest BCUT2D eigenvalue weighted by Crippen LogP contribution is 2.11. The average molecular weight is 413 g/mol. The van der Waals surface area contributed by atoms with Crippen molar-refractivity contribution < 1.29 is 9.90 Å². The molecule has 1 amide bonds. The van der Waals surface area contributed by atoms with E-state index in [9.17, 15) is 9.90 Å². The first-order valence-electron chi connectivity index (χ1n) is 8.09. The molecule has 0 bridgehead atoms. The van der Waals surface area contributed by atoms with Crippen LogP contribution in [0.3, 0.4) is 0 Å². The van der Waals surface area contributed by atoms with Crippen LogP contribution in [0.4, 0.5) is 0 Å². The predicted octanol–water partition coefficient (Wildman–Crippen LogP) is 2.30. The maximum absolute atomic E-state index is 12.2. The Hall–Kier alpha value is -2.28. The van der Waals surface area contributed by atoms with Crippen LogP contribution < -0.4 is 16.8 Å². The van der Waals surface area contributed by atoms with Gasteiger partial charge >= 0.3 is 0 Å². The normalized spacial score (nSPS) is 11.7. The Morgan fingerprint density at radius 2 is 1.74 bits per heavy atom. The van der Waals surface area contributed by atoms with Crippen molar-refractivity contribution in [2.75, 3.05) is 0 Å². The third-order valence-corrected chi connectivity index (χ3v) is 3.70. The Morgan fingerprint density at radius 3 is 2.37 bits per heavy atom. The van der Waals surface area contributed by atoms with E-state index in [0.717, 1.165) is 16.7 Å². The van der Waals surface area contributed by atoms with Crippen molar-refractivity contribution in [1.29, 1.82) is 0 Å². The van der Waals surface area contributed by atoms with Crippen molar-refractivity contribution >= 4 is 36.6 Å². The van der Waals surface area contributed by atoms with E-state index in [-0.39, 0.29) is 36.5 Å². The number of amides is 1. The van der Waals surface area contributed by atoms with Gasteiger partial charge in [-0.15, -0.1) is 24.8 Å². The molecule has 2 aromatic carbocycles. The Kier molecular flexibility index (Phi) is 11.1. The molecule has 0 spiro atoms. The van der Waals surface area contributed by atoms with Gasteiger partial charge in [-0.05, 0) is 42.2 Å². The standard InChI is InChI=1S/C19H24N4O2.2ClH/c1-13(20)22-11-15-3-2-4-16(9-15)12-23-19(25)18(21)10-14-5-7-17(24)8-6-14;;/h2-9,18,24H,10-12,21H2,1H3,(H2,20,22)(H,23,25);2*1H/t18-;;/m0../s1. The maximum Gasteiger partial charge on any atom is 0.237 e. The Labute approximate surface area is 171 Å². The molecule has 0 saturated heterocycles. The zero-order valence-corrected chi connectivity index (χ0v) is 16.7. The minimum absolute atomic E-state index is 0. The number of carbonyl (C=O) groups excluding carboxylic acids is 1. The van der Waals surface area contributed by atoms with Crippen LogP contribution in [0, 0.1) is 0 Å². The number of amidine groups is 1. The van der Waals surface area contributed by atoms with Crippen LogP contribution in [0.15, 0.2) is 53.5 Å². The second-order valence-electron chi connectivity index (χ2n) is 5.97. The summed E-state index contributed by atoms with van der Waals surface area (Å²) in [7, 11) is 0. The quantitative estimate of drug-likeness (QED) is 0.412. The summed E-state index contributed by atoms with van der Waals surface area (Å²) in [5.74, 6) is 0.518. The van der Waals surface area contributed by atoms with Gasteiger partial charge in [-0.1, -0.05) is 36.4 Å². The van der Waals surface area contributed by atoms with E-state index in [2.05, 4.69) is 10.3 Å². The summed E-state index contributed by atoms with van der Waals surface area (Å²) >= 11 is 0. The summed E-state index contributed by atoms with van der Waals surface area (Å²) in [5.41, 5.74) is 14.4. The van der Waals surface area contributed by atoms with E-state index in [0.29, 0.717) is 25.3 Å². The van der Waals surface area contributed by atoms with E-state index < -0.39 is 6.04 Å². The molecule has 6 nitrogen and oxygen atoms in total. The van der Waals surface area contributed by atoms with Crippen LogP contribution in [0.2, 0.25) is 0 Å². The predicted molar refractivity (Wildman–Crippen MR) is 114 cm³/mol. The lowest BCUT2D eigenvalue weighted by Gasteiger charge is -2.13. The van der Waals surface area contributed by atoms with Crippen LogP contribution in [-0.2, 0) is 24.3 Å². The molecular formula is C19H26Cl2N4O2. The zero-order chi connectivity index (χ0) is 18.2. The van der Waals surface area contributed by atoms with Crippen molar-refractivity contribution in [1.82, 2.24) is 5.32 Å². The van der Waals surface area contributed by atoms with Crippen LogP contribution in [0.5, 0.6) is 5.75 Å². The third kappa shape index (κ3) is 8.77. The number of carbonyl (C=O) groups is 1. The van der Waals surface area contributed by atoms with Crippen LogP contribution in [-0.4, -0.2) is 22.9 Å². The third-order valence-electron chi connectivity index (χ3n) is 3.70. The van der Waals surface area contributed by atoms with Gasteiger partial charge in [0.1, 0.15) is 5.75 Å². The van der Waals surface area contributed by atoms with E-state index in [1.54, 1.807) is 31.2 Å². The van der Waals surface area contributed by atoms with Crippen LogP contribution in [0.25, 0.3) is 0 Å². The monoisotopic (exact) mass is 412 g/mol. The molecule has 0 heterocycles. The van der Waals surface area contributed by atoms with E-state index >= 15 is 0 Å². The first-order valence-corrected chi connectivity index (χ1v) is 8.09. The zero-order valence-electron chi connectivity index (χ0n) is 15.1. The second kappa shape index (κ2) is 12.2. The fraction of sp³-hybridized carbons (Fsp3) is 0.263. The van der Waals surface area contributed by atoms with Gasteiger partial charge in [0.05, 0.1) is 18.4 Å². The van der Waals surface area contributed by atoms with Gasteiger partial charge in [-0.25, -0.2) is 0 Å². The molecule has 0 unspecified atom stereocenters. The van der Waals surface area contributed by atoms with E-state index in [1.165, 1.54) is 0 Å². The second-order valence-corrected chi connectivity index (χ2v) is 5.97. The molecule has 0 radical (unpaired) electrons. The van der Waals surface area contributed by atoms with Gasteiger partial charge in [-0.2, -0.15) is 0 Å². The van der Waals surface area contributed by atoms with Gasteiger partial charge < -0.3 is 21.9 Å². The SMILES string of the molecule is CC(N)=NCc1cccc(CNC(=O)[C@@H](N)Cc2ccc(O)cc2)c1.Cl.Cl. The summed E-state index contributed by atoms with van der Waals surface area (Å²) in [5, 5.41) is 12.1. The number of nitrogens with one attached hydrogen (secondary N) is 1. The minimum atomic E-state index is -0.641. The summed E-state index contributed by atoms with van der Waals surface area (Å²) in [6.45, 7) is 2.67. The lowest BCUT2D eigenvalue weighted by molar-refractivity contribution is -0.122. The molecule has 2 aromatic rings. The van der Waals surface area contributed by atoms with E-state index in [4.69, 9.17) is 11.5 Å². The lowest BCUT2D eigenvalue weighted by Crippen LogP contribution is -2.41. The molecule has 8 heteroatoms. The smallest absolute Gasteiger partial charge is 0.237 e. The van der Waals surface area contributed by atoms with Crippen molar-refractivity contribution in [3.05, 3.63) is 65.2 Å². The van der Waals surface area contributed by atoms with Crippen molar-refractivity contribution in [2.45, 2.75) is 32.5 Å². The molecule has 0 fully saturated rings. The summed E-state index contributed by atoms with van der Waals surface area (Å²) in [6, 6.07) is 13.8. The van der Waals surface area contributed by atoms with Crippen LogP contribution in [0.1, 0.15) is 23.6 Å². The number of halogens is 2.